The van der Waals surface area contributed by atoms with Crippen molar-refractivity contribution in [3.05, 3.63) is 41.8 Å². The Morgan fingerprint density at radius 1 is 1.30 bits per heavy atom. The van der Waals surface area contributed by atoms with Gasteiger partial charge in [-0.1, -0.05) is 18.2 Å². The summed E-state index contributed by atoms with van der Waals surface area (Å²) in [5, 5.41) is 0.552. The van der Waals surface area contributed by atoms with Crippen LogP contribution in [0.15, 0.2) is 30.3 Å². The number of hydrogen-bond acceptors (Lipinski definition) is 4. The van der Waals surface area contributed by atoms with Crippen LogP contribution >= 0.6 is 0 Å². The van der Waals surface area contributed by atoms with Crippen LogP contribution in [0.25, 0.3) is 10.9 Å². The molecule has 1 saturated heterocycles. The summed E-state index contributed by atoms with van der Waals surface area (Å²) in [5.74, 6) is -1.84. The summed E-state index contributed by atoms with van der Waals surface area (Å²) in [6, 6.07) is 6.47. The van der Waals surface area contributed by atoms with Crippen LogP contribution in [-0.4, -0.2) is 47.6 Å². The Kier molecular flexibility index (Phi) is 3.94. The lowest BCUT2D eigenvalue weighted by Gasteiger charge is -2.21. The molecule has 0 saturated carbocycles. The minimum Gasteiger partial charge on any atom is -0.467 e. The van der Waals surface area contributed by atoms with Crippen LogP contribution in [0.1, 0.15) is 16.9 Å². The first-order chi connectivity index (χ1) is 11.0. The Labute approximate surface area is 130 Å². The highest BCUT2D eigenvalue weighted by atomic mass is 19.1. The number of halogens is 2. The number of carbonyl (C=O) groups is 2. The largest absolute Gasteiger partial charge is 0.467 e. The summed E-state index contributed by atoms with van der Waals surface area (Å²) in [7, 11) is 1.18. The molecule has 0 spiro atoms. The lowest BCUT2D eigenvalue weighted by Crippen LogP contribution is -2.41. The second kappa shape index (κ2) is 5.91. The Morgan fingerprint density at radius 3 is 2.83 bits per heavy atom. The molecular weight excluding hydrogens is 306 g/mol. The van der Waals surface area contributed by atoms with Crippen LogP contribution in [0, 0.1) is 5.82 Å². The summed E-state index contributed by atoms with van der Waals surface area (Å²) in [6.07, 6.45) is -1.42. The number of alkyl halides is 1. The molecule has 0 unspecified atom stereocenters. The van der Waals surface area contributed by atoms with Crippen molar-refractivity contribution in [3.8, 4) is 0 Å². The molecule has 0 bridgehead atoms. The molecule has 1 amide bonds. The zero-order valence-corrected chi connectivity index (χ0v) is 12.3. The summed E-state index contributed by atoms with van der Waals surface area (Å²) in [6.45, 7) is -0.213. The number of esters is 1. The van der Waals surface area contributed by atoms with E-state index in [0.29, 0.717) is 5.39 Å². The van der Waals surface area contributed by atoms with Gasteiger partial charge in [0.1, 0.15) is 29.2 Å². The van der Waals surface area contributed by atoms with Gasteiger partial charge in [0.15, 0.2) is 0 Å². The molecule has 0 radical (unpaired) electrons. The molecular formula is C16H14F2N2O3. The number of amides is 1. The molecule has 2 atom stereocenters. The van der Waals surface area contributed by atoms with Gasteiger partial charge < -0.3 is 9.64 Å². The van der Waals surface area contributed by atoms with Gasteiger partial charge in [-0.25, -0.2) is 18.6 Å². The number of likely N-dealkylation sites (tertiary alicyclic amines) is 1. The van der Waals surface area contributed by atoms with Gasteiger partial charge in [-0.15, -0.1) is 0 Å². The maximum absolute atomic E-state index is 13.8. The van der Waals surface area contributed by atoms with Crippen LogP contribution < -0.4 is 0 Å². The third-order valence-electron chi connectivity index (χ3n) is 3.87. The van der Waals surface area contributed by atoms with Crippen molar-refractivity contribution < 1.29 is 23.1 Å². The van der Waals surface area contributed by atoms with Crippen LogP contribution in [0.5, 0.6) is 0 Å². The maximum atomic E-state index is 13.8. The van der Waals surface area contributed by atoms with Gasteiger partial charge in [0, 0.05) is 11.8 Å². The van der Waals surface area contributed by atoms with E-state index in [-0.39, 0.29) is 24.2 Å². The molecule has 1 aromatic carbocycles. The number of hydrogen-bond donors (Lipinski definition) is 0. The molecule has 2 heterocycles. The van der Waals surface area contributed by atoms with Gasteiger partial charge in [-0.2, -0.15) is 0 Å². The molecule has 5 nitrogen and oxygen atoms in total. The van der Waals surface area contributed by atoms with E-state index in [1.165, 1.54) is 19.2 Å². The van der Waals surface area contributed by atoms with Gasteiger partial charge in [-0.05, 0) is 12.1 Å². The molecule has 1 aromatic heterocycles. The van der Waals surface area contributed by atoms with Crippen molar-refractivity contribution in [2.75, 3.05) is 13.7 Å². The first-order valence-corrected chi connectivity index (χ1v) is 7.09. The highest BCUT2D eigenvalue weighted by Gasteiger charge is 2.41. The van der Waals surface area contributed by atoms with E-state index in [1.807, 2.05) is 0 Å². The minimum atomic E-state index is -1.31. The van der Waals surface area contributed by atoms with E-state index in [9.17, 15) is 18.4 Å². The third kappa shape index (κ3) is 2.74. The molecule has 23 heavy (non-hydrogen) atoms. The van der Waals surface area contributed by atoms with Gasteiger partial charge in [0.2, 0.25) is 0 Å². The average molecular weight is 320 g/mol. The van der Waals surface area contributed by atoms with Crippen LogP contribution in [0.4, 0.5) is 8.78 Å². The predicted molar refractivity (Wildman–Crippen MR) is 78.1 cm³/mol. The van der Waals surface area contributed by atoms with E-state index in [4.69, 9.17) is 0 Å². The molecule has 2 aromatic rings. The Hall–Kier alpha value is -2.57. The van der Waals surface area contributed by atoms with Crippen LogP contribution in [-0.2, 0) is 9.53 Å². The topological polar surface area (TPSA) is 59.5 Å². The first-order valence-electron chi connectivity index (χ1n) is 7.09. The molecule has 1 aliphatic heterocycles. The quantitative estimate of drug-likeness (QED) is 0.795. The molecule has 0 N–H and O–H groups in total. The lowest BCUT2D eigenvalue weighted by atomic mass is 10.1. The van der Waals surface area contributed by atoms with Gasteiger partial charge >= 0.3 is 5.97 Å². The fourth-order valence-electron chi connectivity index (χ4n) is 2.75. The molecule has 1 aliphatic rings. The number of aromatic nitrogens is 1. The normalized spacial score (nSPS) is 20.7. The standard InChI is InChI=1S/C16H14F2N2O3/c1-23-16(22)13-7-10(17)8-20(13)15(21)12-6-5-9-3-2-4-11(18)14(9)19-12/h2-6,10,13H,7-8H2,1H3/t10-,13+/m1/s1. The van der Waals surface area contributed by atoms with E-state index in [0.717, 1.165) is 4.90 Å². The molecule has 7 heteroatoms. The number of pyridine rings is 1. The van der Waals surface area contributed by atoms with Gasteiger partial charge in [0.05, 0.1) is 13.7 Å². The molecule has 0 aliphatic carbocycles. The monoisotopic (exact) mass is 320 g/mol. The summed E-state index contributed by atoms with van der Waals surface area (Å²) in [4.78, 5) is 29.4. The number of fused-ring (bicyclic) bond motifs is 1. The predicted octanol–water partition coefficient (Wildman–Crippen LogP) is 2.10. The van der Waals surface area contributed by atoms with Crippen molar-refractivity contribution >= 4 is 22.8 Å². The van der Waals surface area contributed by atoms with Crippen LogP contribution in [0.2, 0.25) is 0 Å². The minimum absolute atomic E-state index is 0.0365. The van der Waals surface area contributed by atoms with Crippen molar-refractivity contribution in [1.29, 1.82) is 0 Å². The van der Waals surface area contributed by atoms with Gasteiger partial charge in [-0.3, -0.25) is 4.79 Å². The highest BCUT2D eigenvalue weighted by Crippen LogP contribution is 2.24. The number of rotatable bonds is 2. The van der Waals surface area contributed by atoms with E-state index in [2.05, 4.69) is 9.72 Å². The number of para-hydroxylation sites is 1. The van der Waals surface area contributed by atoms with Crippen LogP contribution in [0.3, 0.4) is 0 Å². The number of ether oxygens (including phenoxy) is 1. The maximum Gasteiger partial charge on any atom is 0.328 e. The van der Waals surface area contributed by atoms with Crippen molar-refractivity contribution in [1.82, 2.24) is 9.88 Å². The van der Waals surface area contributed by atoms with E-state index >= 15 is 0 Å². The average Bonchev–Trinajstić information content (AvgIpc) is 2.95. The molecule has 1 fully saturated rings. The number of carbonyl (C=O) groups excluding carboxylic acids is 2. The fourth-order valence-corrected chi connectivity index (χ4v) is 2.75. The summed E-state index contributed by atoms with van der Waals surface area (Å²) >= 11 is 0. The van der Waals surface area contributed by atoms with Crippen molar-refractivity contribution in [3.63, 3.8) is 0 Å². The lowest BCUT2D eigenvalue weighted by molar-refractivity contribution is -0.145. The second-order valence-electron chi connectivity index (χ2n) is 5.34. The first kappa shape index (κ1) is 15.3. The summed E-state index contributed by atoms with van der Waals surface area (Å²) < 4.78 is 32.0. The van der Waals surface area contributed by atoms with E-state index < -0.39 is 29.9 Å². The highest BCUT2D eigenvalue weighted by molar-refractivity contribution is 5.97. The number of benzene rings is 1. The second-order valence-corrected chi connectivity index (χ2v) is 5.34. The smallest absolute Gasteiger partial charge is 0.328 e. The number of nitrogens with zero attached hydrogens (tertiary/aromatic N) is 2. The third-order valence-corrected chi connectivity index (χ3v) is 3.87. The Balaban J connectivity index is 1.96. The SMILES string of the molecule is COC(=O)[C@@H]1C[C@@H](F)CN1C(=O)c1ccc2cccc(F)c2n1. The Bertz CT molecular complexity index is 781. The zero-order valence-electron chi connectivity index (χ0n) is 12.3. The Morgan fingerprint density at radius 2 is 2.09 bits per heavy atom. The fraction of sp³-hybridized carbons (Fsp3) is 0.312. The van der Waals surface area contributed by atoms with Gasteiger partial charge in [0.25, 0.3) is 5.91 Å². The van der Waals surface area contributed by atoms with Crippen molar-refractivity contribution in [2.24, 2.45) is 0 Å². The van der Waals surface area contributed by atoms with Crippen molar-refractivity contribution in [2.45, 2.75) is 18.6 Å². The zero-order chi connectivity index (χ0) is 16.6. The van der Waals surface area contributed by atoms with E-state index in [1.54, 1.807) is 18.2 Å². The summed E-state index contributed by atoms with van der Waals surface area (Å²) in [5.41, 5.74) is 0.0227. The molecule has 3 rings (SSSR count). The molecule has 120 valence electrons. The number of methoxy groups -OCH3 is 1.